The predicted octanol–water partition coefficient (Wildman–Crippen LogP) is 6.06. The summed E-state index contributed by atoms with van der Waals surface area (Å²) < 4.78 is 20.7. The second-order valence-corrected chi connectivity index (χ2v) is 15.5. The molecule has 3 aliphatic heterocycles. The zero-order chi connectivity index (χ0) is 35.8. The molecule has 2 amide bonds. The van der Waals surface area contributed by atoms with E-state index in [2.05, 4.69) is 61.0 Å². The number of hydrogen-bond acceptors (Lipinski definition) is 8. The Kier molecular flexibility index (Phi) is 10.1. The quantitative estimate of drug-likeness (QED) is 0.230. The summed E-state index contributed by atoms with van der Waals surface area (Å²) in [4.78, 5) is 32.2. The molecule has 274 valence electrons. The van der Waals surface area contributed by atoms with E-state index in [1.165, 1.54) is 48.0 Å². The first-order chi connectivity index (χ1) is 25.4. The van der Waals surface area contributed by atoms with E-state index in [1.54, 1.807) is 13.3 Å². The molecular formula is C40H49N7O4S. The maximum absolute atomic E-state index is 14.3. The van der Waals surface area contributed by atoms with Crippen molar-refractivity contribution >= 4 is 46.5 Å². The highest BCUT2D eigenvalue weighted by Crippen LogP contribution is 2.48. The van der Waals surface area contributed by atoms with Crippen LogP contribution >= 0.6 is 12.1 Å². The number of nitrogens with one attached hydrogen (secondary N) is 1. The van der Waals surface area contributed by atoms with E-state index < -0.39 is 0 Å². The first-order valence-corrected chi connectivity index (χ1v) is 19.5. The topological polar surface area (TPSA) is 97.1 Å². The van der Waals surface area contributed by atoms with Gasteiger partial charge in [0.1, 0.15) is 5.75 Å². The van der Waals surface area contributed by atoms with Gasteiger partial charge in [-0.2, -0.15) is 5.10 Å². The minimum Gasteiger partial charge on any atom is -0.497 e. The third kappa shape index (κ3) is 6.77. The lowest BCUT2D eigenvalue weighted by Gasteiger charge is -2.24. The molecule has 12 heteroatoms. The number of morpholine rings is 1. The fourth-order valence-electron chi connectivity index (χ4n) is 8.52. The Balaban J connectivity index is 1.26. The lowest BCUT2D eigenvalue weighted by Crippen LogP contribution is -2.34. The van der Waals surface area contributed by atoms with E-state index in [0.717, 1.165) is 85.6 Å². The number of amides is 2. The van der Waals surface area contributed by atoms with Crippen LogP contribution in [0.25, 0.3) is 33.8 Å². The van der Waals surface area contributed by atoms with Crippen LogP contribution in [-0.4, -0.2) is 107 Å². The molecule has 0 radical (unpaired) electrons. The Bertz CT molecular complexity index is 2010. The van der Waals surface area contributed by atoms with Gasteiger partial charge in [-0.3, -0.25) is 19.0 Å². The second kappa shape index (κ2) is 15.1. The molecular weight excluding hydrogens is 675 g/mol. The number of aromatic nitrogens is 3. The average molecular weight is 724 g/mol. The van der Waals surface area contributed by atoms with E-state index in [1.807, 2.05) is 28.8 Å². The monoisotopic (exact) mass is 723 g/mol. The number of hydrogen-bond donors (Lipinski definition) is 1. The summed E-state index contributed by atoms with van der Waals surface area (Å²) in [7, 11) is 5.75. The molecule has 2 aromatic heterocycles. The van der Waals surface area contributed by atoms with Crippen LogP contribution in [0.1, 0.15) is 82.0 Å². The minimum atomic E-state index is -0.120. The first kappa shape index (κ1) is 35.0. The number of nitrogens with zero attached hydrogens (tertiary/aromatic N) is 6. The summed E-state index contributed by atoms with van der Waals surface area (Å²) in [6, 6.07) is 12.5. The third-order valence-corrected chi connectivity index (χ3v) is 12.2. The van der Waals surface area contributed by atoms with Crippen molar-refractivity contribution < 1.29 is 19.1 Å². The molecule has 0 spiro atoms. The third-order valence-electron chi connectivity index (χ3n) is 11.3. The van der Waals surface area contributed by atoms with E-state index >= 15 is 0 Å². The molecule has 0 unspecified atom stereocenters. The highest BCUT2D eigenvalue weighted by molar-refractivity contribution is 7.95. The van der Waals surface area contributed by atoms with E-state index in [-0.39, 0.29) is 11.8 Å². The van der Waals surface area contributed by atoms with Crippen molar-refractivity contribution in [3.05, 3.63) is 70.5 Å². The van der Waals surface area contributed by atoms with Gasteiger partial charge in [-0.15, -0.1) is 0 Å². The summed E-state index contributed by atoms with van der Waals surface area (Å²) in [5.41, 5.74) is 8.81. The maximum atomic E-state index is 14.3. The lowest BCUT2D eigenvalue weighted by molar-refractivity contribution is 0.0762. The van der Waals surface area contributed by atoms with Crippen LogP contribution in [0.15, 0.2) is 42.6 Å². The fraction of sp³-hybridized carbons (Fsp3) is 0.475. The van der Waals surface area contributed by atoms with Crippen molar-refractivity contribution in [2.24, 2.45) is 7.05 Å². The van der Waals surface area contributed by atoms with Gasteiger partial charge >= 0.3 is 0 Å². The number of fused-ring (bicyclic) bond motifs is 5. The van der Waals surface area contributed by atoms with Gasteiger partial charge in [-0.1, -0.05) is 25.3 Å². The van der Waals surface area contributed by atoms with Crippen LogP contribution in [0.4, 0.5) is 0 Å². The summed E-state index contributed by atoms with van der Waals surface area (Å²) in [5, 5.41) is 5.87. The summed E-state index contributed by atoms with van der Waals surface area (Å²) in [6.07, 6.45) is 10.9. The number of rotatable bonds is 7. The Morgan fingerprint density at radius 3 is 2.56 bits per heavy atom. The molecule has 11 nitrogen and oxygen atoms in total. The van der Waals surface area contributed by atoms with Crippen LogP contribution in [0.3, 0.4) is 0 Å². The number of methoxy groups -OCH3 is 1. The molecule has 1 saturated carbocycles. The number of allylic oxidation sites excluding steroid dienone is 1. The van der Waals surface area contributed by atoms with E-state index in [9.17, 15) is 9.59 Å². The highest BCUT2D eigenvalue weighted by atomic mass is 32.2. The predicted molar refractivity (Wildman–Crippen MR) is 206 cm³/mol. The van der Waals surface area contributed by atoms with Gasteiger partial charge in [0.05, 0.1) is 50.0 Å². The Hall–Kier alpha value is -4.10. The highest BCUT2D eigenvalue weighted by Gasteiger charge is 2.32. The van der Waals surface area contributed by atoms with Crippen LogP contribution in [0.5, 0.6) is 5.75 Å². The molecule has 8 rings (SSSR count). The van der Waals surface area contributed by atoms with Crippen molar-refractivity contribution in [1.29, 1.82) is 0 Å². The normalized spacial score (nSPS) is 19.1. The van der Waals surface area contributed by atoms with Crippen molar-refractivity contribution in [2.45, 2.75) is 51.0 Å². The molecule has 2 saturated heterocycles. The number of carbonyl (C=O) groups excluding carboxylic acids is 2. The van der Waals surface area contributed by atoms with Gasteiger partial charge < -0.3 is 23.8 Å². The van der Waals surface area contributed by atoms with Gasteiger partial charge in [0.25, 0.3) is 11.8 Å². The summed E-state index contributed by atoms with van der Waals surface area (Å²) in [6.45, 7) is 6.63. The Morgan fingerprint density at radius 2 is 1.75 bits per heavy atom. The van der Waals surface area contributed by atoms with Crippen LogP contribution in [0, 0.1) is 0 Å². The number of likely N-dealkylation sites (N-methyl/N-ethyl adjacent to an activating group) is 1. The van der Waals surface area contributed by atoms with Crippen molar-refractivity contribution in [3.63, 3.8) is 0 Å². The molecule has 4 aliphatic rings. The molecule has 5 heterocycles. The standard InChI is InChI=1S/C40H49N7O4S/c1-43-14-7-15-45(17-16-43)40(49)34-25-41-44(2)37(34)30-22-29-23-31(50-3)11-13-32(29)38-36(27-8-5-4-6-9-27)33-12-10-28(24-35(33)47(38)26-30)39(48)42-52-46-18-20-51-21-19-46/h10-13,22-25,27H,4-9,14-21,26H2,1-3H3,(H,42,48). The van der Waals surface area contributed by atoms with Crippen molar-refractivity contribution in [1.82, 2.24) is 33.2 Å². The van der Waals surface area contributed by atoms with E-state index in [0.29, 0.717) is 43.3 Å². The van der Waals surface area contributed by atoms with Gasteiger partial charge in [0.15, 0.2) is 0 Å². The summed E-state index contributed by atoms with van der Waals surface area (Å²) >= 11 is 1.36. The maximum Gasteiger partial charge on any atom is 0.262 e. The largest absolute Gasteiger partial charge is 0.497 e. The fourth-order valence-corrected chi connectivity index (χ4v) is 9.19. The summed E-state index contributed by atoms with van der Waals surface area (Å²) in [5.74, 6) is 1.09. The Morgan fingerprint density at radius 1 is 0.923 bits per heavy atom. The molecule has 1 aliphatic carbocycles. The van der Waals surface area contributed by atoms with Crippen LogP contribution in [0.2, 0.25) is 0 Å². The average Bonchev–Trinajstić information content (AvgIpc) is 3.55. The number of aryl methyl sites for hydroxylation is 1. The van der Waals surface area contributed by atoms with Gasteiger partial charge in [-0.25, -0.2) is 4.31 Å². The first-order valence-electron chi connectivity index (χ1n) is 18.7. The molecule has 3 fully saturated rings. The minimum absolute atomic E-state index is 0.0200. The zero-order valence-corrected chi connectivity index (χ0v) is 31.3. The van der Waals surface area contributed by atoms with Crippen molar-refractivity contribution in [3.8, 4) is 17.0 Å². The van der Waals surface area contributed by atoms with Gasteiger partial charge in [0.2, 0.25) is 0 Å². The van der Waals surface area contributed by atoms with Crippen molar-refractivity contribution in [2.75, 3.05) is 66.6 Å². The van der Waals surface area contributed by atoms with E-state index in [4.69, 9.17) is 9.47 Å². The molecule has 4 aromatic rings. The molecule has 0 bridgehead atoms. The molecule has 52 heavy (non-hydrogen) atoms. The zero-order valence-electron chi connectivity index (χ0n) is 30.5. The molecule has 2 aromatic carbocycles. The SMILES string of the molecule is COc1ccc2c(c1)C=C(c1c(C(=O)N3CCCN(C)CC3)cnn1C)Cn1c-2c(C2CCCCC2)c2ccc(C(=O)NSN3CCOCC3)cc21. The lowest BCUT2D eigenvalue weighted by atomic mass is 9.81. The van der Waals surface area contributed by atoms with Gasteiger partial charge in [-0.05, 0) is 91.9 Å². The molecule has 1 N–H and O–H groups in total. The van der Waals surface area contributed by atoms with Crippen LogP contribution in [-0.2, 0) is 18.3 Å². The van der Waals surface area contributed by atoms with Crippen LogP contribution < -0.4 is 9.46 Å². The Labute approximate surface area is 310 Å². The molecule has 0 atom stereocenters. The smallest absolute Gasteiger partial charge is 0.262 e. The number of benzene rings is 2. The van der Waals surface area contributed by atoms with Gasteiger partial charge in [0, 0.05) is 73.9 Å². The number of ether oxygens (including phenoxy) is 2. The number of carbonyl (C=O) groups is 2. The second-order valence-electron chi connectivity index (χ2n) is 14.6.